The van der Waals surface area contributed by atoms with Gasteiger partial charge in [-0.3, -0.25) is 4.98 Å². The molecule has 0 unspecified atom stereocenters. The van der Waals surface area contributed by atoms with Crippen molar-refractivity contribution in [1.82, 2.24) is 24.5 Å². The molecule has 6 rings (SSSR count). The molecule has 34 heavy (non-hydrogen) atoms. The molecular weight excluding hydrogens is 432 g/mol. The molecule has 0 N–H and O–H groups in total. The number of nitrogens with zero attached hydrogens (tertiary/aromatic N) is 6. The standard InChI is InChI=1S/C25H26N6O3/c1-32-19-6-3-17(15-20(19)33-2)22-28-24(30-11-13-34-14-12-30)21-25(29-22)31(18-4-5-18)23(27-21)16-7-9-26-10-8-16/h3,6-10,15,18H,4-5,11-14H2,1-2H3. The normalized spacial score (nSPS) is 16.1. The smallest absolute Gasteiger partial charge is 0.166 e. The van der Waals surface area contributed by atoms with E-state index in [4.69, 9.17) is 29.2 Å². The van der Waals surface area contributed by atoms with E-state index in [9.17, 15) is 0 Å². The van der Waals surface area contributed by atoms with E-state index in [1.807, 2.05) is 30.3 Å². The molecule has 0 bridgehead atoms. The van der Waals surface area contributed by atoms with E-state index < -0.39 is 0 Å². The minimum atomic E-state index is 0.388. The number of morpholine rings is 1. The van der Waals surface area contributed by atoms with Crippen molar-refractivity contribution in [2.45, 2.75) is 18.9 Å². The number of fused-ring (bicyclic) bond motifs is 1. The van der Waals surface area contributed by atoms with Crippen LogP contribution < -0.4 is 14.4 Å². The van der Waals surface area contributed by atoms with Crippen LogP contribution in [0.2, 0.25) is 0 Å². The number of hydrogen-bond donors (Lipinski definition) is 0. The lowest BCUT2D eigenvalue weighted by Crippen LogP contribution is -2.37. The molecule has 1 saturated carbocycles. The lowest BCUT2D eigenvalue weighted by molar-refractivity contribution is 0.122. The summed E-state index contributed by atoms with van der Waals surface area (Å²) in [5, 5.41) is 0. The van der Waals surface area contributed by atoms with Crippen LogP contribution >= 0.6 is 0 Å². The molecule has 1 aliphatic heterocycles. The van der Waals surface area contributed by atoms with Crippen molar-refractivity contribution in [2.24, 2.45) is 0 Å². The number of imidazole rings is 1. The lowest BCUT2D eigenvalue weighted by Gasteiger charge is -2.28. The Balaban J connectivity index is 1.59. The van der Waals surface area contributed by atoms with Gasteiger partial charge in [-0.05, 0) is 43.2 Å². The van der Waals surface area contributed by atoms with Crippen LogP contribution in [0.25, 0.3) is 33.9 Å². The van der Waals surface area contributed by atoms with Gasteiger partial charge in [-0.15, -0.1) is 0 Å². The SMILES string of the molecule is COc1ccc(-c2nc(N3CCOCC3)c3nc(-c4ccncc4)n(C4CC4)c3n2)cc1OC. The average Bonchev–Trinajstić information content (AvgIpc) is 3.67. The van der Waals surface area contributed by atoms with Crippen LogP contribution in [0.1, 0.15) is 18.9 Å². The number of anilines is 1. The molecule has 9 heteroatoms. The first-order valence-corrected chi connectivity index (χ1v) is 11.5. The van der Waals surface area contributed by atoms with Crippen molar-refractivity contribution in [3.05, 3.63) is 42.7 Å². The molecule has 0 atom stereocenters. The number of benzene rings is 1. The van der Waals surface area contributed by atoms with Crippen molar-refractivity contribution in [2.75, 3.05) is 45.4 Å². The highest BCUT2D eigenvalue weighted by Gasteiger charge is 2.32. The van der Waals surface area contributed by atoms with Crippen molar-refractivity contribution in [1.29, 1.82) is 0 Å². The van der Waals surface area contributed by atoms with Gasteiger partial charge in [-0.2, -0.15) is 0 Å². The van der Waals surface area contributed by atoms with Crippen molar-refractivity contribution in [3.63, 3.8) is 0 Å². The minimum Gasteiger partial charge on any atom is -0.493 e. The number of ether oxygens (including phenoxy) is 3. The fourth-order valence-corrected chi connectivity index (χ4v) is 4.44. The predicted octanol–water partition coefficient (Wildman–Crippen LogP) is 3.74. The van der Waals surface area contributed by atoms with E-state index in [1.165, 1.54) is 0 Å². The van der Waals surface area contributed by atoms with Gasteiger partial charge in [0.15, 0.2) is 34.3 Å². The molecule has 1 aromatic carbocycles. The van der Waals surface area contributed by atoms with Crippen LogP contribution in [0.15, 0.2) is 42.7 Å². The molecule has 9 nitrogen and oxygen atoms in total. The summed E-state index contributed by atoms with van der Waals surface area (Å²) in [6.07, 6.45) is 5.84. The second-order valence-corrected chi connectivity index (χ2v) is 8.48. The zero-order chi connectivity index (χ0) is 23.1. The van der Waals surface area contributed by atoms with Gasteiger partial charge in [0, 0.05) is 42.7 Å². The molecule has 0 spiro atoms. The van der Waals surface area contributed by atoms with Crippen LogP contribution in [0.5, 0.6) is 11.5 Å². The van der Waals surface area contributed by atoms with Gasteiger partial charge in [-0.25, -0.2) is 15.0 Å². The zero-order valence-corrected chi connectivity index (χ0v) is 19.3. The molecule has 4 heterocycles. The summed E-state index contributed by atoms with van der Waals surface area (Å²) in [7, 11) is 3.26. The maximum absolute atomic E-state index is 5.60. The summed E-state index contributed by atoms with van der Waals surface area (Å²) in [5.41, 5.74) is 3.57. The first-order chi connectivity index (χ1) is 16.8. The summed E-state index contributed by atoms with van der Waals surface area (Å²) in [5.74, 6) is 3.70. The van der Waals surface area contributed by atoms with Crippen LogP contribution in [0.3, 0.4) is 0 Å². The number of methoxy groups -OCH3 is 2. The van der Waals surface area contributed by atoms with Crippen LogP contribution in [-0.2, 0) is 4.74 Å². The van der Waals surface area contributed by atoms with E-state index in [0.29, 0.717) is 36.6 Å². The van der Waals surface area contributed by atoms with Crippen molar-refractivity contribution >= 4 is 17.0 Å². The first kappa shape index (κ1) is 20.9. The molecule has 4 aromatic rings. The molecule has 1 saturated heterocycles. The predicted molar refractivity (Wildman–Crippen MR) is 128 cm³/mol. The zero-order valence-electron chi connectivity index (χ0n) is 19.3. The van der Waals surface area contributed by atoms with Gasteiger partial charge in [0.2, 0.25) is 0 Å². The Bertz CT molecular complexity index is 1330. The van der Waals surface area contributed by atoms with Crippen molar-refractivity contribution < 1.29 is 14.2 Å². The Kier molecular flexibility index (Phi) is 5.26. The summed E-state index contributed by atoms with van der Waals surface area (Å²) in [6.45, 7) is 2.85. The van der Waals surface area contributed by atoms with Gasteiger partial charge in [0.05, 0.1) is 27.4 Å². The van der Waals surface area contributed by atoms with Crippen molar-refractivity contribution in [3.8, 4) is 34.3 Å². The third kappa shape index (κ3) is 3.62. The number of aromatic nitrogens is 5. The Morgan fingerprint density at radius 1 is 0.882 bits per heavy atom. The van der Waals surface area contributed by atoms with Gasteiger partial charge in [-0.1, -0.05) is 0 Å². The molecule has 0 radical (unpaired) electrons. The van der Waals surface area contributed by atoms with Gasteiger partial charge in [0.25, 0.3) is 0 Å². The maximum atomic E-state index is 5.60. The quantitative estimate of drug-likeness (QED) is 0.432. The highest BCUT2D eigenvalue weighted by atomic mass is 16.5. The molecule has 3 aromatic heterocycles. The van der Waals surface area contributed by atoms with Crippen LogP contribution in [0, 0.1) is 0 Å². The van der Waals surface area contributed by atoms with E-state index in [0.717, 1.165) is 59.9 Å². The summed E-state index contributed by atoms with van der Waals surface area (Å²) < 4.78 is 18.8. The van der Waals surface area contributed by atoms with Crippen LogP contribution in [0.4, 0.5) is 5.82 Å². The Morgan fingerprint density at radius 2 is 1.65 bits per heavy atom. The molecule has 0 amide bonds. The Morgan fingerprint density at radius 3 is 2.35 bits per heavy atom. The molecule has 2 aliphatic rings. The average molecular weight is 459 g/mol. The fraction of sp³-hybridized carbons (Fsp3) is 0.360. The summed E-state index contributed by atoms with van der Waals surface area (Å²) in [4.78, 5) is 21.6. The maximum Gasteiger partial charge on any atom is 0.166 e. The third-order valence-corrected chi connectivity index (χ3v) is 6.32. The van der Waals surface area contributed by atoms with E-state index in [-0.39, 0.29) is 0 Å². The highest BCUT2D eigenvalue weighted by molar-refractivity contribution is 5.89. The molecule has 174 valence electrons. The Hall–Kier alpha value is -3.72. The minimum absolute atomic E-state index is 0.388. The topological polar surface area (TPSA) is 87.4 Å². The van der Waals surface area contributed by atoms with Gasteiger partial charge < -0.3 is 23.7 Å². The molecule has 2 fully saturated rings. The number of rotatable bonds is 6. The fourth-order valence-electron chi connectivity index (χ4n) is 4.44. The van der Waals surface area contributed by atoms with E-state index in [1.54, 1.807) is 26.6 Å². The molecule has 1 aliphatic carbocycles. The van der Waals surface area contributed by atoms with E-state index >= 15 is 0 Å². The number of pyridine rings is 1. The second-order valence-electron chi connectivity index (χ2n) is 8.48. The lowest BCUT2D eigenvalue weighted by atomic mass is 10.2. The van der Waals surface area contributed by atoms with E-state index in [2.05, 4.69) is 14.5 Å². The summed E-state index contributed by atoms with van der Waals surface area (Å²) >= 11 is 0. The highest BCUT2D eigenvalue weighted by Crippen LogP contribution is 2.43. The van der Waals surface area contributed by atoms with Gasteiger partial charge in [0.1, 0.15) is 5.82 Å². The van der Waals surface area contributed by atoms with Gasteiger partial charge >= 0.3 is 0 Å². The molecular formula is C25H26N6O3. The monoisotopic (exact) mass is 458 g/mol. The number of hydrogen-bond acceptors (Lipinski definition) is 8. The third-order valence-electron chi connectivity index (χ3n) is 6.32. The second kappa shape index (κ2) is 8.57. The Labute approximate surface area is 197 Å². The first-order valence-electron chi connectivity index (χ1n) is 11.5. The van der Waals surface area contributed by atoms with Crippen LogP contribution in [-0.4, -0.2) is 65.0 Å². The summed E-state index contributed by atoms with van der Waals surface area (Å²) in [6, 6.07) is 10.2. The largest absolute Gasteiger partial charge is 0.493 e.